The molecule has 1 saturated carbocycles. The van der Waals surface area contributed by atoms with Crippen molar-refractivity contribution in [3.05, 3.63) is 34.2 Å². The summed E-state index contributed by atoms with van der Waals surface area (Å²) >= 11 is 0. The minimum absolute atomic E-state index is 0.0502. The molecule has 2 heterocycles. The van der Waals surface area contributed by atoms with E-state index >= 15 is 0 Å². The van der Waals surface area contributed by atoms with E-state index in [0.29, 0.717) is 17.5 Å². The van der Waals surface area contributed by atoms with Crippen LogP contribution in [0.5, 0.6) is 0 Å². The van der Waals surface area contributed by atoms with Gasteiger partial charge in [-0.15, -0.1) is 0 Å². The fourth-order valence-electron chi connectivity index (χ4n) is 4.66. The molecule has 146 valence electrons. The van der Waals surface area contributed by atoms with Crippen molar-refractivity contribution >= 4 is 16.9 Å². The summed E-state index contributed by atoms with van der Waals surface area (Å²) in [6, 6.07) is 5.98. The summed E-state index contributed by atoms with van der Waals surface area (Å²) in [5.41, 5.74) is 2.32. The molecule has 1 saturated heterocycles. The third-order valence-corrected chi connectivity index (χ3v) is 6.24. The number of hydrogen-bond donors (Lipinski definition) is 2. The van der Waals surface area contributed by atoms with Gasteiger partial charge in [0.15, 0.2) is 0 Å². The SMILES string of the molecule is CCNCC1CCN(C(=O)c2ccc3c(c2)[nH]c(=O)n3C2CCCC2)CC1. The Morgan fingerprint density at radius 3 is 2.63 bits per heavy atom. The zero-order valence-corrected chi connectivity index (χ0v) is 16.2. The van der Waals surface area contributed by atoms with Gasteiger partial charge in [0, 0.05) is 24.7 Å². The van der Waals surface area contributed by atoms with Gasteiger partial charge in [-0.25, -0.2) is 4.79 Å². The highest BCUT2D eigenvalue weighted by Crippen LogP contribution is 2.31. The normalized spacial score (nSPS) is 19.2. The highest BCUT2D eigenvalue weighted by molar-refractivity contribution is 5.97. The number of fused-ring (bicyclic) bond motifs is 1. The topological polar surface area (TPSA) is 70.1 Å². The molecule has 4 rings (SSSR count). The molecule has 6 heteroatoms. The number of aromatic nitrogens is 2. The van der Waals surface area contributed by atoms with Gasteiger partial charge >= 0.3 is 5.69 Å². The quantitative estimate of drug-likeness (QED) is 0.850. The summed E-state index contributed by atoms with van der Waals surface area (Å²) in [5.74, 6) is 0.738. The Hall–Kier alpha value is -2.08. The number of carbonyl (C=O) groups is 1. The zero-order chi connectivity index (χ0) is 18.8. The standard InChI is InChI=1S/C21H30N4O2/c1-2-22-14-15-9-11-24(12-10-15)20(26)16-7-8-19-18(13-16)23-21(27)25(19)17-5-3-4-6-17/h7-8,13,15,17,22H,2-6,9-12,14H2,1H3,(H,23,27). The lowest BCUT2D eigenvalue weighted by molar-refractivity contribution is 0.0690. The number of rotatable bonds is 5. The number of carbonyl (C=O) groups excluding carboxylic acids is 1. The van der Waals surface area contributed by atoms with Crippen LogP contribution in [0, 0.1) is 5.92 Å². The molecule has 2 N–H and O–H groups in total. The molecule has 2 fully saturated rings. The number of nitrogens with one attached hydrogen (secondary N) is 2. The van der Waals surface area contributed by atoms with Crippen molar-refractivity contribution in [2.75, 3.05) is 26.2 Å². The Kier molecular flexibility index (Phi) is 5.34. The van der Waals surface area contributed by atoms with Crippen LogP contribution in [-0.4, -0.2) is 46.5 Å². The predicted octanol–water partition coefficient (Wildman–Crippen LogP) is 2.91. The molecule has 1 amide bonds. The summed E-state index contributed by atoms with van der Waals surface area (Å²) < 4.78 is 1.89. The molecular formula is C21H30N4O2. The lowest BCUT2D eigenvalue weighted by Gasteiger charge is -2.32. The molecule has 1 aromatic carbocycles. The van der Waals surface area contributed by atoms with Gasteiger partial charge in [-0.2, -0.15) is 0 Å². The molecule has 0 spiro atoms. The van der Waals surface area contributed by atoms with E-state index in [1.54, 1.807) is 0 Å². The number of H-pyrrole nitrogens is 1. The highest BCUT2D eigenvalue weighted by Gasteiger charge is 2.25. The number of piperidine rings is 1. The van der Waals surface area contributed by atoms with E-state index in [2.05, 4.69) is 17.2 Å². The van der Waals surface area contributed by atoms with Gasteiger partial charge in [0.05, 0.1) is 11.0 Å². The molecule has 6 nitrogen and oxygen atoms in total. The van der Waals surface area contributed by atoms with Gasteiger partial charge in [0.25, 0.3) is 5.91 Å². The van der Waals surface area contributed by atoms with E-state index in [1.807, 2.05) is 27.7 Å². The van der Waals surface area contributed by atoms with Crippen LogP contribution in [-0.2, 0) is 0 Å². The smallest absolute Gasteiger partial charge is 0.326 e. The minimum atomic E-state index is -0.0502. The van der Waals surface area contributed by atoms with Gasteiger partial charge in [-0.1, -0.05) is 19.8 Å². The second-order valence-corrected chi connectivity index (χ2v) is 8.01. The first-order valence-corrected chi connectivity index (χ1v) is 10.4. The number of benzene rings is 1. The Labute approximate surface area is 159 Å². The van der Waals surface area contributed by atoms with Crippen molar-refractivity contribution in [3.8, 4) is 0 Å². The van der Waals surface area contributed by atoms with Crippen molar-refractivity contribution < 1.29 is 4.79 Å². The predicted molar refractivity (Wildman–Crippen MR) is 107 cm³/mol. The molecule has 2 aromatic rings. The van der Waals surface area contributed by atoms with Crippen molar-refractivity contribution in [2.24, 2.45) is 5.92 Å². The van der Waals surface area contributed by atoms with E-state index in [1.165, 1.54) is 12.8 Å². The van der Waals surface area contributed by atoms with E-state index in [-0.39, 0.29) is 11.6 Å². The lowest BCUT2D eigenvalue weighted by Crippen LogP contribution is -2.40. The Morgan fingerprint density at radius 1 is 1.19 bits per heavy atom. The lowest BCUT2D eigenvalue weighted by atomic mass is 9.96. The molecule has 2 aliphatic rings. The van der Waals surface area contributed by atoms with Crippen molar-refractivity contribution in [2.45, 2.75) is 51.5 Å². The van der Waals surface area contributed by atoms with Gasteiger partial charge in [0.1, 0.15) is 0 Å². The highest BCUT2D eigenvalue weighted by atomic mass is 16.2. The Balaban J connectivity index is 1.49. The van der Waals surface area contributed by atoms with Crippen LogP contribution < -0.4 is 11.0 Å². The van der Waals surface area contributed by atoms with Gasteiger partial charge in [-0.05, 0) is 62.9 Å². The Morgan fingerprint density at radius 2 is 1.93 bits per heavy atom. The molecule has 1 aliphatic heterocycles. The van der Waals surface area contributed by atoms with Crippen LogP contribution in [0.25, 0.3) is 11.0 Å². The monoisotopic (exact) mass is 370 g/mol. The molecule has 1 aliphatic carbocycles. The third-order valence-electron chi connectivity index (χ3n) is 6.24. The molecule has 27 heavy (non-hydrogen) atoms. The van der Waals surface area contributed by atoms with Gasteiger partial charge < -0.3 is 15.2 Å². The zero-order valence-electron chi connectivity index (χ0n) is 16.2. The van der Waals surface area contributed by atoms with E-state index < -0.39 is 0 Å². The third kappa shape index (κ3) is 3.68. The number of nitrogens with zero attached hydrogens (tertiary/aromatic N) is 2. The largest absolute Gasteiger partial charge is 0.339 e. The second-order valence-electron chi connectivity index (χ2n) is 8.01. The second kappa shape index (κ2) is 7.89. The van der Waals surface area contributed by atoms with Crippen LogP contribution in [0.15, 0.2) is 23.0 Å². The maximum absolute atomic E-state index is 12.9. The molecule has 0 unspecified atom stereocenters. The molecule has 0 bridgehead atoms. The summed E-state index contributed by atoms with van der Waals surface area (Å²) in [7, 11) is 0. The van der Waals surface area contributed by atoms with Crippen molar-refractivity contribution in [1.29, 1.82) is 0 Å². The van der Waals surface area contributed by atoms with Crippen LogP contribution >= 0.6 is 0 Å². The number of amides is 1. The fraction of sp³-hybridized carbons (Fsp3) is 0.619. The first-order chi connectivity index (χ1) is 13.2. The molecular weight excluding hydrogens is 340 g/mol. The number of aromatic amines is 1. The maximum atomic E-state index is 12.9. The summed E-state index contributed by atoms with van der Waals surface area (Å²) in [6.45, 7) is 5.79. The van der Waals surface area contributed by atoms with Crippen LogP contribution in [0.4, 0.5) is 0 Å². The molecule has 0 radical (unpaired) electrons. The maximum Gasteiger partial charge on any atom is 0.326 e. The summed E-state index contributed by atoms with van der Waals surface area (Å²) in [5, 5.41) is 3.40. The van der Waals surface area contributed by atoms with E-state index in [4.69, 9.17) is 0 Å². The van der Waals surface area contributed by atoms with Crippen molar-refractivity contribution in [3.63, 3.8) is 0 Å². The summed E-state index contributed by atoms with van der Waals surface area (Å²) in [6.07, 6.45) is 6.60. The molecule has 0 atom stereocenters. The van der Waals surface area contributed by atoms with Crippen LogP contribution in [0.3, 0.4) is 0 Å². The van der Waals surface area contributed by atoms with Gasteiger partial charge in [-0.3, -0.25) is 9.36 Å². The number of hydrogen-bond acceptors (Lipinski definition) is 3. The van der Waals surface area contributed by atoms with Crippen molar-refractivity contribution in [1.82, 2.24) is 19.8 Å². The minimum Gasteiger partial charge on any atom is -0.339 e. The fourth-order valence-corrected chi connectivity index (χ4v) is 4.66. The van der Waals surface area contributed by atoms with Crippen LogP contribution in [0.1, 0.15) is 61.8 Å². The molecule has 1 aromatic heterocycles. The Bertz CT molecular complexity index is 855. The van der Waals surface area contributed by atoms with E-state index in [9.17, 15) is 9.59 Å². The van der Waals surface area contributed by atoms with E-state index in [0.717, 1.165) is 62.9 Å². The average Bonchev–Trinajstić information content (AvgIpc) is 3.32. The number of imidazole rings is 1. The first-order valence-electron chi connectivity index (χ1n) is 10.4. The first kappa shape index (κ1) is 18.3. The van der Waals surface area contributed by atoms with Gasteiger partial charge in [0.2, 0.25) is 0 Å². The summed E-state index contributed by atoms with van der Waals surface area (Å²) in [4.78, 5) is 30.3. The number of likely N-dealkylation sites (tertiary alicyclic amines) is 1. The average molecular weight is 370 g/mol. The van der Waals surface area contributed by atoms with Crippen LogP contribution in [0.2, 0.25) is 0 Å².